The predicted molar refractivity (Wildman–Crippen MR) is 97.5 cm³/mol. The highest BCUT2D eigenvalue weighted by Crippen LogP contribution is 2.31. The van der Waals surface area contributed by atoms with Crippen LogP contribution in [0.4, 0.5) is 4.39 Å². The van der Waals surface area contributed by atoms with Gasteiger partial charge in [-0.1, -0.05) is 17.2 Å². The first kappa shape index (κ1) is 16.7. The van der Waals surface area contributed by atoms with E-state index >= 15 is 0 Å². The molecule has 1 aliphatic carbocycles. The SMILES string of the molecule is CC(NC(=O)c1c(Cl)nn2c(C)cc(-c3ccc(F)cc3)nc12)=C1CC1. The summed E-state index contributed by atoms with van der Waals surface area (Å²) in [4.78, 5) is 17.3. The second-order valence-electron chi connectivity index (χ2n) is 6.37. The number of rotatable bonds is 3. The first-order valence-electron chi connectivity index (χ1n) is 8.26. The molecule has 0 unspecified atom stereocenters. The number of amides is 1. The van der Waals surface area contributed by atoms with Gasteiger partial charge in [0, 0.05) is 17.0 Å². The Labute approximate surface area is 154 Å². The summed E-state index contributed by atoms with van der Waals surface area (Å²) in [6.07, 6.45) is 2.03. The molecule has 2 aromatic heterocycles. The van der Waals surface area contributed by atoms with Crippen LogP contribution in [0.2, 0.25) is 5.15 Å². The topological polar surface area (TPSA) is 59.3 Å². The molecular weight excluding hydrogens is 355 g/mol. The number of hydrogen-bond donors (Lipinski definition) is 1. The number of carbonyl (C=O) groups is 1. The van der Waals surface area contributed by atoms with Gasteiger partial charge >= 0.3 is 0 Å². The number of nitrogens with zero attached hydrogens (tertiary/aromatic N) is 3. The number of fused-ring (bicyclic) bond motifs is 1. The van der Waals surface area contributed by atoms with Crippen molar-refractivity contribution < 1.29 is 9.18 Å². The summed E-state index contributed by atoms with van der Waals surface area (Å²) in [5, 5.41) is 7.21. The summed E-state index contributed by atoms with van der Waals surface area (Å²) in [7, 11) is 0. The molecule has 1 fully saturated rings. The van der Waals surface area contributed by atoms with Crippen molar-refractivity contribution in [3.05, 3.63) is 63.8 Å². The van der Waals surface area contributed by atoms with E-state index in [-0.39, 0.29) is 22.4 Å². The Morgan fingerprint density at radius 3 is 2.62 bits per heavy atom. The molecule has 5 nitrogen and oxygen atoms in total. The molecule has 1 amide bonds. The Morgan fingerprint density at radius 2 is 1.96 bits per heavy atom. The van der Waals surface area contributed by atoms with Crippen molar-refractivity contribution in [1.82, 2.24) is 19.9 Å². The average molecular weight is 371 g/mol. The Kier molecular flexibility index (Phi) is 4.00. The van der Waals surface area contributed by atoms with Crippen LogP contribution in [-0.4, -0.2) is 20.5 Å². The molecule has 3 aromatic rings. The zero-order valence-corrected chi connectivity index (χ0v) is 15.1. The van der Waals surface area contributed by atoms with E-state index in [9.17, 15) is 9.18 Å². The van der Waals surface area contributed by atoms with Crippen molar-refractivity contribution >= 4 is 23.2 Å². The van der Waals surface area contributed by atoms with Gasteiger partial charge < -0.3 is 5.32 Å². The zero-order chi connectivity index (χ0) is 18.4. The van der Waals surface area contributed by atoms with Gasteiger partial charge in [0.05, 0.1) is 5.69 Å². The molecule has 0 saturated heterocycles. The van der Waals surface area contributed by atoms with Crippen molar-refractivity contribution in [2.45, 2.75) is 26.7 Å². The normalized spacial score (nSPS) is 13.2. The molecule has 1 aromatic carbocycles. The van der Waals surface area contributed by atoms with Crippen molar-refractivity contribution in [3.8, 4) is 11.3 Å². The molecule has 2 heterocycles. The highest BCUT2D eigenvalue weighted by Gasteiger charge is 2.24. The van der Waals surface area contributed by atoms with E-state index in [1.807, 2.05) is 19.9 Å². The van der Waals surface area contributed by atoms with Crippen molar-refractivity contribution in [2.24, 2.45) is 0 Å². The fourth-order valence-corrected chi connectivity index (χ4v) is 3.11. The minimum atomic E-state index is -0.329. The quantitative estimate of drug-likeness (QED) is 0.748. The lowest BCUT2D eigenvalue weighted by Crippen LogP contribution is -2.22. The lowest BCUT2D eigenvalue weighted by molar-refractivity contribution is 0.0967. The number of halogens is 2. The maximum Gasteiger partial charge on any atom is 0.262 e. The van der Waals surface area contributed by atoms with E-state index < -0.39 is 0 Å². The molecule has 4 rings (SSSR count). The molecule has 1 saturated carbocycles. The third-order valence-electron chi connectivity index (χ3n) is 4.42. The fraction of sp³-hybridized carbons (Fsp3) is 0.211. The van der Waals surface area contributed by atoms with Crippen LogP contribution in [0.3, 0.4) is 0 Å². The van der Waals surface area contributed by atoms with Gasteiger partial charge in [-0.2, -0.15) is 5.10 Å². The number of allylic oxidation sites excluding steroid dienone is 2. The molecule has 1 N–H and O–H groups in total. The summed E-state index contributed by atoms with van der Waals surface area (Å²) < 4.78 is 14.7. The Morgan fingerprint density at radius 1 is 1.27 bits per heavy atom. The highest BCUT2D eigenvalue weighted by atomic mass is 35.5. The predicted octanol–water partition coefficient (Wildman–Crippen LogP) is 4.29. The van der Waals surface area contributed by atoms with Gasteiger partial charge in [0.15, 0.2) is 10.8 Å². The van der Waals surface area contributed by atoms with Gasteiger partial charge in [0.1, 0.15) is 11.4 Å². The zero-order valence-electron chi connectivity index (χ0n) is 14.3. The van der Waals surface area contributed by atoms with Gasteiger partial charge in [-0.25, -0.2) is 13.9 Å². The number of aryl methyl sites for hydroxylation is 1. The number of hydrogen-bond acceptors (Lipinski definition) is 3. The molecular formula is C19H16ClFN4O. The van der Waals surface area contributed by atoms with Crippen LogP contribution in [0.25, 0.3) is 16.9 Å². The second-order valence-corrected chi connectivity index (χ2v) is 6.73. The van der Waals surface area contributed by atoms with Gasteiger partial charge in [-0.05, 0) is 57.0 Å². The van der Waals surface area contributed by atoms with Crippen LogP contribution >= 0.6 is 11.6 Å². The molecule has 0 atom stereocenters. The molecule has 0 spiro atoms. The fourth-order valence-electron chi connectivity index (χ4n) is 2.86. The van der Waals surface area contributed by atoms with Crippen molar-refractivity contribution in [2.75, 3.05) is 0 Å². The minimum Gasteiger partial charge on any atom is -0.326 e. The molecule has 132 valence electrons. The lowest BCUT2D eigenvalue weighted by atomic mass is 10.1. The van der Waals surface area contributed by atoms with Crippen LogP contribution in [0.15, 0.2) is 41.6 Å². The Hall–Kier alpha value is -2.73. The standard InChI is InChI=1S/C19H16ClFN4O/c1-10-9-15(13-5-7-14(21)8-6-13)23-18-16(17(20)24-25(10)18)19(26)22-11(2)12-3-4-12/h5-9H,3-4H2,1-2H3,(H,22,26). The summed E-state index contributed by atoms with van der Waals surface area (Å²) >= 11 is 6.23. The maximum absolute atomic E-state index is 13.2. The van der Waals surface area contributed by atoms with Crippen molar-refractivity contribution in [1.29, 1.82) is 0 Å². The van der Waals surface area contributed by atoms with E-state index in [0.717, 1.165) is 29.8 Å². The monoisotopic (exact) mass is 370 g/mol. The molecule has 1 aliphatic rings. The van der Waals surface area contributed by atoms with E-state index in [1.165, 1.54) is 17.7 Å². The lowest BCUT2D eigenvalue weighted by Gasteiger charge is -2.07. The van der Waals surface area contributed by atoms with Crippen molar-refractivity contribution in [3.63, 3.8) is 0 Å². The third-order valence-corrected chi connectivity index (χ3v) is 4.69. The van der Waals surface area contributed by atoms with E-state index in [1.54, 1.807) is 16.6 Å². The number of nitrogens with one attached hydrogen (secondary N) is 1. The average Bonchev–Trinajstić information content (AvgIpc) is 3.38. The summed E-state index contributed by atoms with van der Waals surface area (Å²) in [5.41, 5.74) is 4.85. The molecule has 7 heteroatoms. The van der Waals surface area contributed by atoms with Gasteiger partial charge in [0.2, 0.25) is 0 Å². The molecule has 0 aliphatic heterocycles. The van der Waals surface area contributed by atoms with Crippen LogP contribution in [-0.2, 0) is 0 Å². The molecule has 0 bridgehead atoms. The van der Waals surface area contributed by atoms with Crippen LogP contribution < -0.4 is 5.32 Å². The van der Waals surface area contributed by atoms with Crippen LogP contribution in [0.1, 0.15) is 35.8 Å². The number of carbonyl (C=O) groups excluding carboxylic acids is 1. The Bertz CT molecular complexity index is 1060. The van der Waals surface area contributed by atoms with E-state index in [0.29, 0.717) is 11.3 Å². The first-order chi connectivity index (χ1) is 12.4. The molecule has 26 heavy (non-hydrogen) atoms. The Balaban J connectivity index is 1.82. The smallest absolute Gasteiger partial charge is 0.262 e. The number of benzene rings is 1. The maximum atomic E-state index is 13.2. The summed E-state index contributed by atoms with van der Waals surface area (Å²) in [5.74, 6) is -0.646. The van der Waals surface area contributed by atoms with E-state index in [4.69, 9.17) is 11.6 Å². The largest absolute Gasteiger partial charge is 0.326 e. The number of aromatic nitrogens is 3. The molecule has 0 radical (unpaired) electrons. The third kappa shape index (κ3) is 2.97. The summed E-state index contributed by atoms with van der Waals surface area (Å²) in [6, 6.07) is 7.86. The van der Waals surface area contributed by atoms with E-state index in [2.05, 4.69) is 15.4 Å². The first-order valence-corrected chi connectivity index (χ1v) is 8.63. The highest BCUT2D eigenvalue weighted by molar-refractivity contribution is 6.33. The van der Waals surface area contributed by atoms with Gasteiger partial charge in [-0.15, -0.1) is 0 Å². The van der Waals surface area contributed by atoms with Gasteiger partial charge in [0.25, 0.3) is 5.91 Å². The second kappa shape index (κ2) is 6.21. The van der Waals surface area contributed by atoms with Crippen LogP contribution in [0, 0.1) is 12.7 Å². The minimum absolute atomic E-state index is 0.1000. The van der Waals surface area contributed by atoms with Crippen LogP contribution in [0.5, 0.6) is 0 Å². The van der Waals surface area contributed by atoms with Gasteiger partial charge in [-0.3, -0.25) is 4.79 Å². The summed E-state index contributed by atoms with van der Waals surface area (Å²) in [6.45, 7) is 3.73.